The Morgan fingerprint density at radius 1 is 1.03 bits per heavy atom. The molecule has 1 fully saturated rings. The van der Waals surface area contributed by atoms with Gasteiger partial charge in [-0.1, -0.05) is 41.9 Å². The molecule has 4 rings (SSSR count). The predicted molar refractivity (Wildman–Crippen MR) is 128 cm³/mol. The van der Waals surface area contributed by atoms with E-state index in [9.17, 15) is 9.59 Å². The topological polar surface area (TPSA) is 87.5 Å². The first-order valence-corrected chi connectivity index (χ1v) is 11.5. The van der Waals surface area contributed by atoms with E-state index in [-0.39, 0.29) is 17.9 Å². The molecule has 172 valence electrons. The second-order valence-electron chi connectivity index (χ2n) is 8.13. The molecule has 2 N–H and O–H groups in total. The number of nitrogens with one attached hydrogen (secondary N) is 2. The van der Waals surface area contributed by atoms with Crippen molar-refractivity contribution in [3.63, 3.8) is 0 Å². The number of oxazole rings is 1. The number of likely N-dealkylation sites (tertiary alicyclic amines) is 1. The van der Waals surface area contributed by atoms with E-state index >= 15 is 0 Å². The zero-order chi connectivity index (χ0) is 23.0. The number of nitrogens with zero attached hydrogens (tertiary/aromatic N) is 2. The number of hydrogen-bond donors (Lipinski definition) is 2. The average Bonchev–Trinajstić information content (AvgIpc) is 3.29. The van der Waals surface area contributed by atoms with Gasteiger partial charge in [0.15, 0.2) is 11.7 Å². The first kappa shape index (κ1) is 23.0. The summed E-state index contributed by atoms with van der Waals surface area (Å²) in [4.78, 5) is 31.0. The van der Waals surface area contributed by atoms with Crippen molar-refractivity contribution in [3.8, 4) is 11.3 Å². The number of piperidine rings is 1. The number of anilines is 1. The third kappa shape index (κ3) is 6.66. The maximum atomic E-state index is 12.4. The Morgan fingerprint density at radius 3 is 2.52 bits per heavy atom. The van der Waals surface area contributed by atoms with Crippen molar-refractivity contribution in [1.29, 1.82) is 0 Å². The Balaban J connectivity index is 1.16. The Bertz CT molecular complexity index is 1080. The fourth-order valence-electron chi connectivity index (χ4n) is 3.89. The van der Waals surface area contributed by atoms with E-state index in [1.807, 2.05) is 48.5 Å². The van der Waals surface area contributed by atoms with Gasteiger partial charge in [0, 0.05) is 43.2 Å². The van der Waals surface area contributed by atoms with Gasteiger partial charge in [0.25, 0.3) is 0 Å². The lowest BCUT2D eigenvalue weighted by Gasteiger charge is -2.31. The summed E-state index contributed by atoms with van der Waals surface area (Å²) in [7, 11) is 0. The van der Waals surface area contributed by atoms with Gasteiger partial charge in [0.2, 0.25) is 11.8 Å². The Hall–Kier alpha value is -3.16. The van der Waals surface area contributed by atoms with Gasteiger partial charge in [-0.25, -0.2) is 4.98 Å². The summed E-state index contributed by atoms with van der Waals surface area (Å²) < 4.78 is 5.76. The monoisotopic (exact) mass is 466 g/mol. The summed E-state index contributed by atoms with van der Waals surface area (Å²) >= 11 is 6.20. The van der Waals surface area contributed by atoms with Crippen molar-refractivity contribution in [1.82, 2.24) is 15.2 Å². The van der Waals surface area contributed by atoms with Crippen LogP contribution in [0.4, 0.5) is 5.69 Å². The summed E-state index contributed by atoms with van der Waals surface area (Å²) in [6, 6.07) is 17.0. The molecule has 1 saturated heterocycles. The van der Waals surface area contributed by atoms with Crippen LogP contribution < -0.4 is 10.6 Å². The van der Waals surface area contributed by atoms with E-state index in [0.717, 1.165) is 37.2 Å². The molecule has 0 unspecified atom stereocenters. The van der Waals surface area contributed by atoms with Crippen molar-refractivity contribution < 1.29 is 14.0 Å². The standard InChI is InChI=1S/C25H27ClN4O3/c26-21-9-5-4-8-20(21)22-16-27-25(33-22)11-10-23(31)28-19-12-14-30(15-13-19)17-24(32)29-18-6-2-1-3-7-18/h1-9,16,19H,10-15,17H2,(H,28,31)(H,29,32). The van der Waals surface area contributed by atoms with Crippen molar-refractivity contribution in [2.75, 3.05) is 25.0 Å². The average molecular weight is 467 g/mol. The van der Waals surface area contributed by atoms with Crippen molar-refractivity contribution in [2.24, 2.45) is 0 Å². The summed E-state index contributed by atoms with van der Waals surface area (Å²) in [5.74, 6) is 1.07. The lowest BCUT2D eigenvalue weighted by Crippen LogP contribution is -2.46. The minimum Gasteiger partial charge on any atom is -0.441 e. The summed E-state index contributed by atoms with van der Waals surface area (Å²) in [5.41, 5.74) is 1.58. The fraction of sp³-hybridized carbons (Fsp3) is 0.320. The molecule has 1 aliphatic rings. The maximum absolute atomic E-state index is 12.4. The highest BCUT2D eigenvalue weighted by molar-refractivity contribution is 6.33. The molecule has 2 heterocycles. The van der Waals surface area contributed by atoms with Gasteiger partial charge in [-0.05, 0) is 37.1 Å². The van der Waals surface area contributed by atoms with E-state index in [1.54, 1.807) is 12.3 Å². The molecule has 0 atom stereocenters. The molecule has 0 aliphatic carbocycles. The van der Waals surface area contributed by atoms with Gasteiger partial charge in [-0.3, -0.25) is 14.5 Å². The number of benzene rings is 2. The molecule has 7 nitrogen and oxygen atoms in total. The number of halogens is 1. The number of para-hydroxylation sites is 1. The minimum atomic E-state index is -0.0224. The highest BCUT2D eigenvalue weighted by Crippen LogP contribution is 2.28. The molecular weight excluding hydrogens is 440 g/mol. The minimum absolute atomic E-state index is 0.0206. The molecule has 0 bridgehead atoms. The summed E-state index contributed by atoms with van der Waals surface area (Å²) in [5, 5.41) is 6.60. The van der Waals surface area contributed by atoms with E-state index in [0.29, 0.717) is 36.1 Å². The second-order valence-corrected chi connectivity index (χ2v) is 8.54. The quantitative estimate of drug-likeness (QED) is 0.520. The van der Waals surface area contributed by atoms with E-state index in [2.05, 4.69) is 20.5 Å². The zero-order valence-electron chi connectivity index (χ0n) is 18.3. The predicted octanol–water partition coefficient (Wildman–Crippen LogP) is 4.15. The van der Waals surface area contributed by atoms with Crippen LogP contribution in [0.3, 0.4) is 0 Å². The van der Waals surface area contributed by atoms with Gasteiger partial charge < -0.3 is 15.1 Å². The normalized spacial score (nSPS) is 14.7. The molecular formula is C25H27ClN4O3. The van der Waals surface area contributed by atoms with Gasteiger partial charge in [-0.15, -0.1) is 0 Å². The smallest absolute Gasteiger partial charge is 0.238 e. The molecule has 1 aromatic heterocycles. The number of rotatable bonds is 8. The third-order valence-corrected chi connectivity index (χ3v) is 5.97. The second kappa shape index (κ2) is 11.1. The van der Waals surface area contributed by atoms with Crippen LogP contribution in [0.25, 0.3) is 11.3 Å². The number of hydrogen-bond acceptors (Lipinski definition) is 5. The van der Waals surface area contributed by atoms with E-state index in [1.165, 1.54) is 0 Å². The lowest BCUT2D eigenvalue weighted by atomic mass is 10.0. The molecule has 0 radical (unpaired) electrons. The van der Waals surface area contributed by atoms with Crippen LogP contribution in [-0.2, 0) is 16.0 Å². The van der Waals surface area contributed by atoms with Gasteiger partial charge in [-0.2, -0.15) is 0 Å². The van der Waals surface area contributed by atoms with Gasteiger partial charge >= 0.3 is 0 Å². The lowest BCUT2D eigenvalue weighted by molar-refractivity contribution is -0.122. The summed E-state index contributed by atoms with van der Waals surface area (Å²) in [6.45, 7) is 1.90. The van der Waals surface area contributed by atoms with Gasteiger partial charge in [0.1, 0.15) is 0 Å². The molecule has 3 aromatic rings. The van der Waals surface area contributed by atoms with E-state index < -0.39 is 0 Å². The summed E-state index contributed by atoms with van der Waals surface area (Å²) in [6.07, 6.45) is 4.01. The van der Waals surface area contributed by atoms with Crippen LogP contribution in [0.2, 0.25) is 5.02 Å². The third-order valence-electron chi connectivity index (χ3n) is 5.64. The number of carbonyl (C=O) groups is 2. The highest BCUT2D eigenvalue weighted by atomic mass is 35.5. The SMILES string of the molecule is O=C(CN1CCC(NC(=O)CCc2ncc(-c3ccccc3Cl)o2)CC1)Nc1ccccc1. The molecule has 0 spiro atoms. The van der Waals surface area contributed by atoms with Crippen LogP contribution in [0, 0.1) is 0 Å². The molecule has 33 heavy (non-hydrogen) atoms. The fourth-order valence-corrected chi connectivity index (χ4v) is 4.12. The van der Waals surface area contributed by atoms with Crippen LogP contribution >= 0.6 is 11.6 Å². The number of amides is 2. The molecule has 0 saturated carbocycles. The number of aromatic nitrogens is 1. The van der Waals surface area contributed by atoms with Crippen LogP contribution in [0.15, 0.2) is 65.2 Å². The Labute approximate surface area is 198 Å². The number of aryl methyl sites for hydroxylation is 1. The highest BCUT2D eigenvalue weighted by Gasteiger charge is 2.22. The molecule has 1 aliphatic heterocycles. The molecule has 2 aromatic carbocycles. The largest absolute Gasteiger partial charge is 0.441 e. The van der Waals surface area contributed by atoms with Crippen molar-refractivity contribution >= 4 is 29.1 Å². The van der Waals surface area contributed by atoms with Crippen LogP contribution in [0.5, 0.6) is 0 Å². The van der Waals surface area contributed by atoms with Crippen LogP contribution in [-0.4, -0.2) is 47.4 Å². The Kier molecular flexibility index (Phi) is 7.75. The molecule has 2 amide bonds. The Morgan fingerprint density at radius 2 is 1.76 bits per heavy atom. The number of carbonyl (C=O) groups excluding carboxylic acids is 2. The van der Waals surface area contributed by atoms with E-state index in [4.69, 9.17) is 16.0 Å². The van der Waals surface area contributed by atoms with Crippen molar-refractivity contribution in [3.05, 3.63) is 71.7 Å². The maximum Gasteiger partial charge on any atom is 0.238 e. The first-order valence-electron chi connectivity index (χ1n) is 11.1. The molecule has 8 heteroatoms. The zero-order valence-corrected chi connectivity index (χ0v) is 19.1. The van der Waals surface area contributed by atoms with Crippen LogP contribution in [0.1, 0.15) is 25.2 Å². The van der Waals surface area contributed by atoms with Crippen molar-refractivity contribution in [2.45, 2.75) is 31.7 Å². The first-order chi connectivity index (χ1) is 16.1. The van der Waals surface area contributed by atoms with Gasteiger partial charge in [0.05, 0.1) is 17.8 Å².